The second-order valence-electron chi connectivity index (χ2n) is 5.52. The van der Waals surface area contributed by atoms with Crippen LogP contribution in [-0.4, -0.2) is 17.3 Å². The van der Waals surface area contributed by atoms with Gasteiger partial charge in [-0.3, -0.25) is 0 Å². The van der Waals surface area contributed by atoms with Gasteiger partial charge in [-0.15, -0.1) is 10.2 Å². The Morgan fingerprint density at radius 2 is 1.60 bits per heavy atom. The van der Waals surface area contributed by atoms with Crippen molar-refractivity contribution in [2.75, 3.05) is 0 Å². The lowest BCUT2D eigenvalue weighted by atomic mass is 9.92. The number of nitrogens with zero attached hydrogens (tertiary/aromatic N) is 4. The van der Waals surface area contributed by atoms with Crippen LogP contribution in [0.2, 0.25) is 0 Å². The second kappa shape index (κ2) is 5.76. The van der Waals surface area contributed by atoms with Crippen LogP contribution in [0, 0.1) is 6.92 Å². The summed E-state index contributed by atoms with van der Waals surface area (Å²) in [5.41, 5.74) is -1.97. The number of aromatic carboxylic acids is 1. The molecule has 0 aromatic heterocycles. The predicted octanol–water partition coefficient (Wildman–Crippen LogP) is 4.91. The lowest BCUT2D eigenvalue weighted by Crippen LogP contribution is -2.37. The monoisotopic (exact) mass is 348 g/mol. The number of carboxylic acid groups (broad SMARTS) is 1. The summed E-state index contributed by atoms with van der Waals surface area (Å²) in [6, 6.07) is 10.3. The molecule has 0 spiro atoms. The summed E-state index contributed by atoms with van der Waals surface area (Å²) >= 11 is 0. The fourth-order valence-corrected chi connectivity index (χ4v) is 2.45. The predicted molar refractivity (Wildman–Crippen MR) is 81.0 cm³/mol. The molecular weight excluding hydrogens is 337 g/mol. The molecule has 0 aliphatic carbocycles. The van der Waals surface area contributed by atoms with Crippen molar-refractivity contribution in [2.24, 2.45) is 20.7 Å². The van der Waals surface area contributed by atoms with Gasteiger partial charge in [-0.05, 0) is 46.7 Å². The maximum Gasteiger partial charge on any atom is 0.442 e. The normalized spacial score (nSPS) is 15.5. The fourth-order valence-electron chi connectivity index (χ4n) is 2.45. The number of benzene rings is 2. The van der Waals surface area contributed by atoms with Gasteiger partial charge in [0.25, 0.3) is 0 Å². The molecule has 6 nitrogen and oxygen atoms in total. The SMILES string of the molecule is Cc1ccc(-c2cc(C(=O)O)cc(C3(C(F)(F)F)N=NN=N3)c2)cc1. The summed E-state index contributed by atoms with van der Waals surface area (Å²) in [5.74, 6) is -1.36. The van der Waals surface area contributed by atoms with Gasteiger partial charge in [0, 0.05) is 5.56 Å². The van der Waals surface area contributed by atoms with Crippen LogP contribution in [0.4, 0.5) is 13.2 Å². The third-order valence-corrected chi connectivity index (χ3v) is 3.78. The summed E-state index contributed by atoms with van der Waals surface area (Å²) < 4.78 is 40.7. The van der Waals surface area contributed by atoms with Crippen LogP contribution in [0.3, 0.4) is 0 Å². The van der Waals surface area contributed by atoms with Crippen molar-refractivity contribution < 1.29 is 23.1 Å². The van der Waals surface area contributed by atoms with Crippen molar-refractivity contribution in [1.29, 1.82) is 0 Å². The third kappa shape index (κ3) is 2.88. The maximum absolute atomic E-state index is 13.6. The first kappa shape index (κ1) is 16.7. The van der Waals surface area contributed by atoms with Crippen LogP contribution in [0.15, 0.2) is 63.1 Å². The molecule has 0 atom stereocenters. The minimum atomic E-state index is -4.92. The summed E-state index contributed by atoms with van der Waals surface area (Å²) in [4.78, 5) is 11.4. The van der Waals surface area contributed by atoms with Crippen molar-refractivity contribution in [1.82, 2.24) is 0 Å². The highest BCUT2D eigenvalue weighted by Gasteiger charge is 2.60. The second-order valence-corrected chi connectivity index (χ2v) is 5.52. The number of halogens is 3. The molecule has 0 amide bonds. The number of aryl methyl sites for hydroxylation is 1. The highest BCUT2D eigenvalue weighted by Crippen LogP contribution is 2.47. The number of hydrogen-bond donors (Lipinski definition) is 1. The van der Waals surface area contributed by atoms with E-state index < -0.39 is 23.4 Å². The molecule has 1 aliphatic rings. The zero-order valence-electron chi connectivity index (χ0n) is 12.8. The van der Waals surface area contributed by atoms with Gasteiger partial charge in [-0.2, -0.15) is 13.2 Å². The van der Waals surface area contributed by atoms with Gasteiger partial charge in [0.15, 0.2) is 0 Å². The van der Waals surface area contributed by atoms with E-state index in [-0.39, 0.29) is 5.56 Å². The molecule has 2 aromatic rings. The highest BCUT2D eigenvalue weighted by atomic mass is 19.4. The maximum atomic E-state index is 13.6. The minimum Gasteiger partial charge on any atom is -0.478 e. The number of carboxylic acids is 1. The van der Waals surface area contributed by atoms with E-state index in [1.807, 2.05) is 6.92 Å². The first-order valence-corrected chi connectivity index (χ1v) is 7.10. The zero-order valence-corrected chi connectivity index (χ0v) is 12.8. The Kier molecular flexibility index (Phi) is 3.86. The average molecular weight is 348 g/mol. The van der Waals surface area contributed by atoms with E-state index in [1.54, 1.807) is 24.3 Å². The Labute approximate surface area is 139 Å². The van der Waals surface area contributed by atoms with Crippen LogP contribution < -0.4 is 0 Å². The van der Waals surface area contributed by atoms with E-state index in [0.29, 0.717) is 11.1 Å². The van der Waals surface area contributed by atoms with Gasteiger partial charge in [0.1, 0.15) is 0 Å². The van der Waals surface area contributed by atoms with Crippen molar-refractivity contribution in [3.63, 3.8) is 0 Å². The number of alkyl halides is 3. The van der Waals surface area contributed by atoms with Crippen LogP contribution in [0.5, 0.6) is 0 Å². The van der Waals surface area contributed by atoms with Gasteiger partial charge < -0.3 is 5.11 Å². The molecule has 0 unspecified atom stereocenters. The molecule has 0 bridgehead atoms. The quantitative estimate of drug-likeness (QED) is 0.854. The first-order chi connectivity index (χ1) is 11.7. The van der Waals surface area contributed by atoms with E-state index in [4.69, 9.17) is 0 Å². The molecule has 1 aliphatic heterocycles. The number of rotatable bonds is 3. The van der Waals surface area contributed by atoms with E-state index in [9.17, 15) is 23.1 Å². The lowest BCUT2D eigenvalue weighted by Gasteiger charge is -2.24. The third-order valence-electron chi connectivity index (χ3n) is 3.78. The van der Waals surface area contributed by atoms with Gasteiger partial charge in [-0.1, -0.05) is 29.8 Å². The Balaban J connectivity index is 2.24. The molecule has 0 radical (unpaired) electrons. The molecule has 9 heteroatoms. The van der Waals surface area contributed by atoms with Crippen LogP contribution in [0.1, 0.15) is 21.5 Å². The van der Waals surface area contributed by atoms with Crippen LogP contribution in [0.25, 0.3) is 11.1 Å². The Morgan fingerprint density at radius 1 is 1.00 bits per heavy atom. The average Bonchev–Trinajstić information content (AvgIpc) is 3.06. The summed E-state index contributed by atoms with van der Waals surface area (Å²) in [5, 5.41) is 21.5. The summed E-state index contributed by atoms with van der Waals surface area (Å²) in [6.45, 7) is 1.86. The van der Waals surface area contributed by atoms with Crippen LogP contribution in [-0.2, 0) is 5.66 Å². The van der Waals surface area contributed by atoms with Gasteiger partial charge in [-0.25, -0.2) is 4.79 Å². The minimum absolute atomic E-state index is 0.302. The molecule has 1 heterocycles. The van der Waals surface area contributed by atoms with Gasteiger partial charge in [0.2, 0.25) is 0 Å². The molecular formula is C16H11F3N4O2. The summed E-state index contributed by atoms with van der Waals surface area (Å²) in [7, 11) is 0. The molecule has 2 aromatic carbocycles. The molecule has 0 saturated carbocycles. The lowest BCUT2D eigenvalue weighted by molar-refractivity contribution is -0.187. The standard InChI is InChI=1S/C16H11F3N4O2/c1-9-2-4-10(5-3-9)11-6-12(14(24)25)8-13(7-11)15(16(17,18)19)20-22-23-21-15/h2-8H,1H3,(H,24,25). The van der Waals surface area contributed by atoms with Crippen molar-refractivity contribution >= 4 is 5.97 Å². The van der Waals surface area contributed by atoms with Crippen molar-refractivity contribution in [3.05, 3.63) is 59.2 Å². The summed E-state index contributed by atoms with van der Waals surface area (Å²) in [6.07, 6.45) is -4.92. The molecule has 3 rings (SSSR count). The van der Waals surface area contributed by atoms with E-state index in [2.05, 4.69) is 20.7 Å². The molecule has 0 saturated heterocycles. The van der Waals surface area contributed by atoms with E-state index in [1.165, 1.54) is 12.1 Å². The topological polar surface area (TPSA) is 86.7 Å². The van der Waals surface area contributed by atoms with E-state index >= 15 is 0 Å². The molecule has 128 valence electrons. The van der Waals surface area contributed by atoms with Gasteiger partial charge in [0.05, 0.1) is 5.56 Å². The van der Waals surface area contributed by atoms with Crippen molar-refractivity contribution in [3.8, 4) is 11.1 Å². The first-order valence-electron chi connectivity index (χ1n) is 7.10. The Morgan fingerprint density at radius 3 is 2.12 bits per heavy atom. The Bertz CT molecular complexity index is 877. The molecule has 0 fully saturated rings. The fraction of sp³-hybridized carbons (Fsp3) is 0.188. The highest BCUT2D eigenvalue weighted by molar-refractivity contribution is 5.90. The van der Waals surface area contributed by atoms with Gasteiger partial charge >= 0.3 is 17.8 Å². The smallest absolute Gasteiger partial charge is 0.442 e. The molecule has 1 N–H and O–H groups in total. The van der Waals surface area contributed by atoms with E-state index in [0.717, 1.165) is 11.6 Å². The Hall–Kier alpha value is -3.10. The van der Waals surface area contributed by atoms with Crippen molar-refractivity contribution in [2.45, 2.75) is 18.8 Å². The number of hydrogen-bond acceptors (Lipinski definition) is 5. The number of carbonyl (C=O) groups is 1. The molecule has 25 heavy (non-hydrogen) atoms. The zero-order chi connectivity index (χ0) is 18.2. The largest absolute Gasteiger partial charge is 0.478 e. The van der Waals surface area contributed by atoms with Crippen LogP contribution >= 0.6 is 0 Å².